The van der Waals surface area contributed by atoms with Crippen LogP contribution in [0.1, 0.15) is 44.2 Å². The molecule has 0 atom stereocenters. The van der Waals surface area contributed by atoms with Gasteiger partial charge in [-0.3, -0.25) is 4.79 Å². The van der Waals surface area contributed by atoms with E-state index in [1.807, 2.05) is 28.9 Å². The van der Waals surface area contributed by atoms with Gasteiger partial charge in [0.15, 0.2) is 5.65 Å². The molecule has 2 aliphatic rings. The van der Waals surface area contributed by atoms with Crippen molar-refractivity contribution in [2.75, 3.05) is 5.32 Å². The predicted molar refractivity (Wildman–Crippen MR) is 95.0 cm³/mol. The van der Waals surface area contributed by atoms with E-state index in [1.54, 1.807) is 0 Å². The van der Waals surface area contributed by atoms with Gasteiger partial charge in [0.2, 0.25) is 0 Å². The molecule has 6 heteroatoms. The Morgan fingerprint density at radius 2 is 2.04 bits per heavy atom. The Bertz CT molecular complexity index is 842. The van der Waals surface area contributed by atoms with Crippen LogP contribution < -0.4 is 5.32 Å². The predicted octanol–water partition coefficient (Wildman–Crippen LogP) is 3.95. The molecule has 2 aliphatic carbocycles. The number of anilines is 1. The number of allylic oxidation sites excluding steroid dienone is 4. The molecule has 124 valence electrons. The van der Waals surface area contributed by atoms with E-state index in [2.05, 4.69) is 16.4 Å². The van der Waals surface area contributed by atoms with E-state index >= 15 is 0 Å². The van der Waals surface area contributed by atoms with Gasteiger partial charge >= 0.3 is 0 Å². The molecule has 2 aromatic rings. The van der Waals surface area contributed by atoms with Crippen LogP contribution in [0.15, 0.2) is 35.5 Å². The van der Waals surface area contributed by atoms with Gasteiger partial charge in [0, 0.05) is 23.9 Å². The number of carbonyl (C=O) groups excluding carboxylic acids is 1. The number of ketones is 1. The SMILES string of the molecule is O=C1CCC(Nc2ccc3ncc(C4=CCCC(Cl)=C4)n3n2)CC1. The zero-order valence-corrected chi connectivity index (χ0v) is 14.1. The lowest BCUT2D eigenvalue weighted by Crippen LogP contribution is -2.26. The number of aromatic nitrogens is 3. The first kappa shape index (κ1) is 15.4. The van der Waals surface area contributed by atoms with Gasteiger partial charge in [0.25, 0.3) is 0 Å². The average Bonchev–Trinajstić information content (AvgIpc) is 3.00. The summed E-state index contributed by atoms with van der Waals surface area (Å²) in [5.41, 5.74) is 2.82. The molecule has 2 aromatic heterocycles. The lowest BCUT2D eigenvalue weighted by Gasteiger charge is -2.22. The molecule has 4 rings (SSSR count). The van der Waals surface area contributed by atoms with E-state index in [-0.39, 0.29) is 0 Å². The monoisotopic (exact) mass is 342 g/mol. The zero-order chi connectivity index (χ0) is 16.5. The fraction of sp³-hybridized carbons (Fsp3) is 0.389. The first-order chi connectivity index (χ1) is 11.7. The highest BCUT2D eigenvalue weighted by atomic mass is 35.5. The number of nitrogens with zero attached hydrogens (tertiary/aromatic N) is 3. The van der Waals surface area contributed by atoms with Crippen molar-refractivity contribution >= 4 is 34.4 Å². The summed E-state index contributed by atoms with van der Waals surface area (Å²) in [4.78, 5) is 15.8. The fourth-order valence-electron chi connectivity index (χ4n) is 3.28. The van der Waals surface area contributed by atoms with Crippen molar-refractivity contribution < 1.29 is 4.79 Å². The molecule has 0 aromatic carbocycles. The number of carbonyl (C=O) groups is 1. The maximum atomic E-state index is 11.4. The van der Waals surface area contributed by atoms with Crippen molar-refractivity contribution in [2.45, 2.75) is 44.6 Å². The topological polar surface area (TPSA) is 59.3 Å². The van der Waals surface area contributed by atoms with E-state index < -0.39 is 0 Å². The van der Waals surface area contributed by atoms with Crippen LogP contribution in [0.4, 0.5) is 5.82 Å². The standard InChI is InChI=1S/C18H19ClN4O/c19-13-3-1-2-12(10-13)16-11-20-18-9-8-17(22-23(16)18)21-14-4-6-15(24)7-5-14/h2,8-11,14H,1,3-7H2,(H,21,22). The molecule has 2 heterocycles. The van der Waals surface area contributed by atoms with Crippen molar-refractivity contribution in [1.29, 1.82) is 0 Å². The summed E-state index contributed by atoms with van der Waals surface area (Å²) in [6.45, 7) is 0. The Hall–Kier alpha value is -2.14. The van der Waals surface area contributed by atoms with Crippen LogP contribution in [0, 0.1) is 0 Å². The van der Waals surface area contributed by atoms with E-state index in [0.29, 0.717) is 24.7 Å². The molecule has 0 unspecified atom stereocenters. The van der Waals surface area contributed by atoms with Crippen LogP contribution in [0.25, 0.3) is 11.2 Å². The second kappa shape index (κ2) is 6.40. The van der Waals surface area contributed by atoms with Gasteiger partial charge in [-0.1, -0.05) is 17.7 Å². The quantitative estimate of drug-likeness (QED) is 0.917. The number of hydrogen-bond donors (Lipinski definition) is 1. The number of imidazole rings is 1. The first-order valence-corrected chi connectivity index (χ1v) is 8.76. The number of halogens is 1. The number of hydrogen-bond acceptors (Lipinski definition) is 4. The van der Waals surface area contributed by atoms with E-state index in [1.165, 1.54) is 0 Å². The molecule has 0 amide bonds. The van der Waals surface area contributed by atoms with Gasteiger partial charge in [-0.25, -0.2) is 9.50 Å². The Labute approximate surface area is 145 Å². The van der Waals surface area contributed by atoms with E-state index in [9.17, 15) is 4.79 Å². The minimum absolute atomic E-state index is 0.308. The minimum Gasteiger partial charge on any atom is -0.366 e. The summed E-state index contributed by atoms with van der Waals surface area (Å²) in [5.74, 6) is 1.17. The number of rotatable bonds is 3. The Kier molecular flexibility index (Phi) is 4.10. The first-order valence-electron chi connectivity index (χ1n) is 8.39. The van der Waals surface area contributed by atoms with Crippen molar-refractivity contribution in [3.63, 3.8) is 0 Å². The van der Waals surface area contributed by atoms with Gasteiger partial charge in [-0.15, -0.1) is 5.10 Å². The van der Waals surface area contributed by atoms with Gasteiger partial charge < -0.3 is 5.32 Å². The largest absolute Gasteiger partial charge is 0.366 e. The highest BCUT2D eigenvalue weighted by molar-refractivity contribution is 6.30. The summed E-state index contributed by atoms with van der Waals surface area (Å²) >= 11 is 6.18. The number of nitrogens with one attached hydrogen (secondary N) is 1. The lowest BCUT2D eigenvalue weighted by molar-refractivity contribution is -0.120. The van der Waals surface area contributed by atoms with E-state index in [4.69, 9.17) is 16.7 Å². The third-order valence-corrected chi connectivity index (χ3v) is 4.91. The van der Waals surface area contributed by atoms with Crippen LogP contribution >= 0.6 is 11.6 Å². The zero-order valence-electron chi connectivity index (χ0n) is 13.3. The van der Waals surface area contributed by atoms with Crippen LogP contribution in [0.5, 0.6) is 0 Å². The molecule has 1 saturated carbocycles. The smallest absolute Gasteiger partial charge is 0.154 e. The molecule has 0 bridgehead atoms. The second-order valence-electron chi connectivity index (χ2n) is 6.38. The highest BCUT2D eigenvalue weighted by Gasteiger charge is 2.19. The van der Waals surface area contributed by atoms with Gasteiger partial charge in [-0.05, 0) is 49.5 Å². The van der Waals surface area contributed by atoms with Crippen molar-refractivity contribution in [3.8, 4) is 0 Å². The van der Waals surface area contributed by atoms with Gasteiger partial charge in [0.1, 0.15) is 11.6 Å². The molecular formula is C18H19ClN4O. The van der Waals surface area contributed by atoms with Crippen molar-refractivity contribution in [3.05, 3.63) is 41.2 Å². The minimum atomic E-state index is 0.308. The summed E-state index contributed by atoms with van der Waals surface area (Å²) in [6.07, 6.45) is 10.9. The lowest BCUT2D eigenvalue weighted by atomic mass is 9.94. The number of fused-ring (bicyclic) bond motifs is 1. The van der Waals surface area contributed by atoms with Crippen molar-refractivity contribution in [2.24, 2.45) is 0 Å². The van der Waals surface area contributed by atoms with Crippen LogP contribution in [0.2, 0.25) is 0 Å². The van der Waals surface area contributed by atoms with Gasteiger partial charge in [0.05, 0.1) is 11.9 Å². The maximum absolute atomic E-state index is 11.4. The van der Waals surface area contributed by atoms with Crippen LogP contribution in [-0.2, 0) is 4.79 Å². The summed E-state index contributed by atoms with van der Waals surface area (Å²) in [7, 11) is 0. The molecule has 1 N–H and O–H groups in total. The second-order valence-corrected chi connectivity index (χ2v) is 6.86. The normalized spacial score (nSPS) is 19.3. The summed E-state index contributed by atoms with van der Waals surface area (Å²) in [6, 6.07) is 4.21. The van der Waals surface area contributed by atoms with Gasteiger partial charge in [-0.2, -0.15) is 0 Å². The van der Waals surface area contributed by atoms with Crippen LogP contribution in [0.3, 0.4) is 0 Å². The summed E-state index contributed by atoms with van der Waals surface area (Å²) < 4.78 is 1.86. The Morgan fingerprint density at radius 1 is 1.21 bits per heavy atom. The average molecular weight is 343 g/mol. The third-order valence-electron chi connectivity index (χ3n) is 4.61. The molecule has 0 saturated heterocycles. The van der Waals surface area contributed by atoms with Crippen molar-refractivity contribution in [1.82, 2.24) is 14.6 Å². The Morgan fingerprint density at radius 3 is 2.83 bits per heavy atom. The third kappa shape index (κ3) is 3.08. The van der Waals surface area contributed by atoms with E-state index in [0.717, 1.165) is 53.4 Å². The molecule has 24 heavy (non-hydrogen) atoms. The molecule has 5 nitrogen and oxygen atoms in total. The summed E-state index contributed by atoms with van der Waals surface area (Å²) in [5, 5.41) is 9.01. The number of Topliss-reactive ketones (excluding diaryl/α,β-unsaturated/α-hetero) is 1. The molecule has 1 fully saturated rings. The van der Waals surface area contributed by atoms with Crippen LogP contribution in [-0.4, -0.2) is 26.4 Å². The Balaban J connectivity index is 1.61. The fourth-order valence-corrected chi connectivity index (χ4v) is 3.51. The molecular weight excluding hydrogens is 324 g/mol. The molecule has 0 aliphatic heterocycles. The maximum Gasteiger partial charge on any atom is 0.154 e. The molecule has 0 radical (unpaired) electrons. The molecule has 0 spiro atoms. The highest BCUT2D eigenvalue weighted by Crippen LogP contribution is 2.27.